The van der Waals surface area contributed by atoms with Crippen molar-refractivity contribution in [3.8, 4) is 17.1 Å². The lowest BCUT2D eigenvalue weighted by molar-refractivity contribution is 0.0951. The molecule has 0 radical (unpaired) electrons. The molecule has 1 aliphatic rings. The predicted molar refractivity (Wildman–Crippen MR) is 130 cm³/mol. The second kappa shape index (κ2) is 12.0. The van der Waals surface area contributed by atoms with Gasteiger partial charge >= 0.3 is 0 Å². The number of hydrogen-bond acceptors (Lipinski definition) is 7. The predicted octanol–water partition coefficient (Wildman–Crippen LogP) is 5.12. The van der Waals surface area contributed by atoms with Crippen LogP contribution in [0.1, 0.15) is 49.5 Å². The average molecular weight is 452 g/mol. The Morgan fingerprint density at radius 2 is 1.94 bits per heavy atom. The van der Waals surface area contributed by atoms with Gasteiger partial charge in [0.1, 0.15) is 5.82 Å². The lowest BCUT2D eigenvalue weighted by Gasteiger charge is -2.09. The summed E-state index contributed by atoms with van der Waals surface area (Å²) in [6.07, 6.45) is 7.53. The molecule has 3 aromatic rings. The van der Waals surface area contributed by atoms with Gasteiger partial charge in [-0.25, -0.2) is 9.97 Å². The van der Waals surface area contributed by atoms with Gasteiger partial charge in [-0.05, 0) is 61.5 Å². The summed E-state index contributed by atoms with van der Waals surface area (Å²) >= 11 is 1.71. The van der Waals surface area contributed by atoms with Gasteiger partial charge in [0.25, 0.3) is 5.91 Å². The molecule has 2 N–H and O–H groups in total. The van der Waals surface area contributed by atoms with Crippen molar-refractivity contribution in [1.82, 2.24) is 20.3 Å². The van der Waals surface area contributed by atoms with Crippen LogP contribution in [0.4, 0.5) is 5.82 Å². The minimum absolute atomic E-state index is 0.130. The van der Waals surface area contributed by atoms with Gasteiger partial charge in [0.15, 0.2) is 0 Å². The van der Waals surface area contributed by atoms with Crippen LogP contribution in [0.15, 0.2) is 55.0 Å². The molecule has 1 aromatic carbocycles. The summed E-state index contributed by atoms with van der Waals surface area (Å²) in [6.45, 7) is 6.87. The molecule has 0 spiro atoms. The maximum atomic E-state index is 12.5. The second-order valence-corrected chi connectivity index (χ2v) is 8.01. The summed E-state index contributed by atoms with van der Waals surface area (Å²) in [5, 5.41) is 3.66. The molecule has 1 aliphatic carbocycles. The Kier molecular flexibility index (Phi) is 8.86. The summed E-state index contributed by atoms with van der Waals surface area (Å²) in [5.74, 6) is 1.17. The molecule has 1 saturated carbocycles. The van der Waals surface area contributed by atoms with Gasteiger partial charge in [-0.1, -0.05) is 26.0 Å². The number of hydrogen-bond donors (Lipinski definition) is 2. The SMILES string of the molecule is CC.CCOc1cncc(-c2ccc(C(=O)NCc3ccnc(NSC4CC4)c3)cc2)n1. The van der Waals surface area contributed by atoms with E-state index in [1.165, 1.54) is 12.8 Å². The van der Waals surface area contributed by atoms with E-state index in [0.29, 0.717) is 35.5 Å². The molecule has 32 heavy (non-hydrogen) atoms. The van der Waals surface area contributed by atoms with E-state index in [4.69, 9.17) is 4.74 Å². The normalized spacial score (nSPS) is 12.3. The van der Waals surface area contributed by atoms with Gasteiger partial charge in [0.05, 0.1) is 24.7 Å². The number of carbonyl (C=O) groups excluding carboxylic acids is 1. The van der Waals surface area contributed by atoms with E-state index >= 15 is 0 Å². The Bertz CT molecular complexity index is 1010. The Morgan fingerprint density at radius 3 is 2.66 bits per heavy atom. The molecule has 168 valence electrons. The van der Waals surface area contributed by atoms with E-state index in [1.807, 2.05) is 45.0 Å². The highest BCUT2D eigenvalue weighted by molar-refractivity contribution is 8.01. The fourth-order valence-electron chi connectivity index (χ4n) is 2.75. The number of pyridine rings is 1. The van der Waals surface area contributed by atoms with Crippen LogP contribution in [0.25, 0.3) is 11.3 Å². The maximum Gasteiger partial charge on any atom is 0.251 e. The second-order valence-electron chi connectivity index (χ2n) is 6.90. The largest absolute Gasteiger partial charge is 0.477 e. The van der Waals surface area contributed by atoms with E-state index in [1.54, 1.807) is 42.7 Å². The summed E-state index contributed by atoms with van der Waals surface area (Å²) in [5.41, 5.74) is 3.16. The van der Waals surface area contributed by atoms with E-state index in [0.717, 1.165) is 16.9 Å². The Balaban J connectivity index is 0.00000141. The number of ether oxygens (including phenoxy) is 1. The van der Waals surface area contributed by atoms with Crippen LogP contribution in [0.5, 0.6) is 5.88 Å². The minimum Gasteiger partial charge on any atom is -0.477 e. The monoisotopic (exact) mass is 451 g/mol. The van der Waals surface area contributed by atoms with Crippen molar-refractivity contribution < 1.29 is 9.53 Å². The zero-order valence-corrected chi connectivity index (χ0v) is 19.5. The Hall–Kier alpha value is -3.13. The molecule has 0 bridgehead atoms. The first-order valence-electron chi connectivity index (χ1n) is 10.9. The third-order valence-electron chi connectivity index (χ3n) is 4.48. The highest BCUT2D eigenvalue weighted by Gasteiger charge is 2.22. The summed E-state index contributed by atoms with van der Waals surface area (Å²) in [7, 11) is 0. The van der Waals surface area contributed by atoms with Crippen LogP contribution in [0.2, 0.25) is 0 Å². The van der Waals surface area contributed by atoms with Gasteiger partial charge in [-0.15, -0.1) is 0 Å². The number of carbonyl (C=O) groups is 1. The zero-order valence-electron chi connectivity index (χ0n) is 18.7. The maximum absolute atomic E-state index is 12.5. The molecule has 8 heteroatoms. The zero-order chi connectivity index (χ0) is 22.8. The van der Waals surface area contributed by atoms with Gasteiger partial charge < -0.3 is 14.8 Å². The van der Waals surface area contributed by atoms with Crippen molar-refractivity contribution in [1.29, 1.82) is 0 Å². The van der Waals surface area contributed by atoms with Crippen LogP contribution in [-0.4, -0.2) is 32.7 Å². The number of nitrogens with one attached hydrogen (secondary N) is 2. The van der Waals surface area contributed by atoms with E-state index in [2.05, 4.69) is 25.0 Å². The molecule has 4 rings (SSSR count). The molecule has 0 saturated heterocycles. The van der Waals surface area contributed by atoms with Crippen LogP contribution in [0, 0.1) is 0 Å². The van der Waals surface area contributed by atoms with Crippen molar-refractivity contribution in [2.45, 2.75) is 45.4 Å². The first-order chi connectivity index (χ1) is 15.7. The smallest absolute Gasteiger partial charge is 0.251 e. The summed E-state index contributed by atoms with van der Waals surface area (Å²) in [4.78, 5) is 25.4. The molecule has 1 amide bonds. The molecule has 2 heterocycles. The standard InChI is InChI=1S/C22H23N5O2S.C2H6/c1-2-29-21-14-23-13-19(26-21)16-3-5-17(6-4-16)22(28)25-12-15-9-10-24-20(11-15)27-30-18-7-8-18;1-2/h3-6,9-11,13-14,18H,2,7-8,12H2,1H3,(H,24,27)(H,25,28);1-2H3. The molecular weight excluding hydrogens is 422 g/mol. The van der Waals surface area contributed by atoms with Crippen molar-refractivity contribution in [2.24, 2.45) is 0 Å². The Morgan fingerprint density at radius 1 is 1.16 bits per heavy atom. The van der Waals surface area contributed by atoms with E-state index < -0.39 is 0 Å². The molecule has 0 atom stereocenters. The van der Waals surface area contributed by atoms with Crippen molar-refractivity contribution in [3.05, 3.63) is 66.1 Å². The van der Waals surface area contributed by atoms with Crippen LogP contribution in [-0.2, 0) is 6.54 Å². The fraction of sp³-hybridized carbons (Fsp3) is 0.333. The molecule has 0 aliphatic heterocycles. The highest BCUT2D eigenvalue weighted by atomic mass is 32.2. The number of benzene rings is 1. The number of amides is 1. The van der Waals surface area contributed by atoms with Gasteiger partial charge in [0, 0.05) is 29.1 Å². The average Bonchev–Trinajstić information content (AvgIpc) is 3.68. The topological polar surface area (TPSA) is 89.0 Å². The number of aromatic nitrogens is 3. The van der Waals surface area contributed by atoms with E-state index in [9.17, 15) is 4.79 Å². The summed E-state index contributed by atoms with van der Waals surface area (Å²) < 4.78 is 8.67. The lowest BCUT2D eigenvalue weighted by Crippen LogP contribution is -2.22. The van der Waals surface area contributed by atoms with Gasteiger partial charge in [-0.2, -0.15) is 0 Å². The van der Waals surface area contributed by atoms with Gasteiger partial charge in [-0.3, -0.25) is 9.78 Å². The quantitative estimate of drug-likeness (QED) is 0.437. The molecular formula is C24H29N5O2S. The number of anilines is 1. The van der Waals surface area contributed by atoms with Crippen molar-refractivity contribution in [2.75, 3.05) is 11.3 Å². The highest BCUT2D eigenvalue weighted by Crippen LogP contribution is 2.34. The fourth-order valence-corrected chi connectivity index (χ4v) is 3.52. The number of rotatable bonds is 9. The summed E-state index contributed by atoms with van der Waals surface area (Å²) in [6, 6.07) is 11.1. The van der Waals surface area contributed by atoms with Crippen LogP contribution < -0.4 is 14.8 Å². The van der Waals surface area contributed by atoms with Crippen molar-refractivity contribution >= 4 is 23.7 Å². The van der Waals surface area contributed by atoms with Crippen LogP contribution in [0.3, 0.4) is 0 Å². The molecule has 0 unspecified atom stereocenters. The molecule has 7 nitrogen and oxygen atoms in total. The van der Waals surface area contributed by atoms with E-state index in [-0.39, 0.29) is 5.91 Å². The molecule has 1 fully saturated rings. The van der Waals surface area contributed by atoms with Crippen molar-refractivity contribution in [3.63, 3.8) is 0 Å². The lowest BCUT2D eigenvalue weighted by atomic mass is 10.1. The van der Waals surface area contributed by atoms with Crippen LogP contribution >= 0.6 is 11.9 Å². The van der Waals surface area contributed by atoms with Gasteiger partial charge in [0.2, 0.25) is 5.88 Å². The first-order valence-corrected chi connectivity index (χ1v) is 11.8. The first kappa shape index (κ1) is 23.5. The molecule has 2 aromatic heterocycles. The minimum atomic E-state index is -0.130. The Labute approximate surface area is 193 Å². The number of nitrogens with zero attached hydrogens (tertiary/aromatic N) is 3. The third-order valence-corrected chi connectivity index (χ3v) is 5.61. The third kappa shape index (κ3) is 6.95.